The minimum absolute atomic E-state index is 0.207. The molecule has 0 bridgehead atoms. The Balaban J connectivity index is 2.79. The number of nitrogens with zero attached hydrogens (tertiary/aromatic N) is 2. The zero-order chi connectivity index (χ0) is 7.68. The van der Waals surface area contributed by atoms with Crippen LogP contribution in [0.4, 0.5) is 0 Å². The summed E-state index contributed by atoms with van der Waals surface area (Å²) in [5.41, 5.74) is 1.51. The number of rotatable bonds is 1. The van der Waals surface area contributed by atoms with E-state index >= 15 is 0 Å². The molecule has 3 nitrogen and oxygen atoms in total. The molecule has 1 radical (unpaired) electrons. The third kappa shape index (κ3) is 0.897. The van der Waals surface area contributed by atoms with Gasteiger partial charge < -0.3 is 4.40 Å². The molecular weight excluding hydrogens is 140 g/mol. The smallest absolute Gasteiger partial charge is 0.142 e. The lowest BCUT2D eigenvalue weighted by Crippen LogP contribution is -1.89. The van der Waals surface area contributed by atoms with Crippen LogP contribution >= 0.6 is 0 Å². The molecule has 0 spiro atoms. The SMILES string of the molecule is [O]Cc1cccn2ccnc12. The molecule has 0 fully saturated rings. The first-order valence-electron chi connectivity index (χ1n) is 3.40. The standard InChI is InChI=1S/C8H7N2O/c11-6-7-2-1-4-10-5-3-9-8(7)10/h1-5H,6H2. The first-order valence-corrected chi connectivity index (χ1v) is 3.40. The molecule has 2 aromatic heterocycles. The van der Waals surface area contributed by atoms with Crippen LogP contribution in [0.1, 0.15) is 5.56 Å². The minimum Gasteiger partial charge on any atom is -0.307 e. The first kappa shape index (κ1) is 6.37. The fraction of sp³-hybridized carbons (Fsp3) is 0.125. The molecule has 0 unspecified atom stereocenters. The lowest BCUT2D eigenvalue weighted by molar-refractivity contribution is 0.178. The van der Waals surface area contributed by atoms with E-state index in [0.717, 1.165) is 11.2 Å². The van der Waals surface area contributed by atoms with Gasteiger partial charge >= 0.3 is 0 Å². The second-order valence-corrected chi connectivity index (χ2v) is 2.34. The van der Waals surface area contributed by atoms with Crippen molar-refractivity contribution in [3.8, 4) is 0 Å². The van der Waals surface area contributed by atoms with Gasteiger partial charge in [-0.25, -0.2) is 10.1 Å². The van der Waals surface area contributed by atoms with Gasteiger partial charge in [0.2, 0.25) is 0 Å². The second kappa shape index (κ2) is 2.36. The number of hydrogen-bond donors (Lipinski definition) is 0. The maximum Gasteiger partial charge on any atom is 0.142 e. The molecule has 0 aromatic carbocycles. The number of hydrogen-bond acceptors (Lipinski definition) is 1. The highest BCUT2D eigenvalue weighted by Crippen LogP contribution is 2.07. The van der Waals surface area contributed by atoms with Gasteiger partial charge in [-0.15, -0.1) is 0 Å². The number of pyridine rings is 1. The second-order valence-electron chi connectivity index (χ2n) is 2.34. The Bertz CT molecular complexity index is 367. The molecule has 0 N–H and O–H groups in total. The Morgan fingerprint density at radius 3 is 3.18 bits per heavy atom. The van der Waals surface area contributed by atoms with Crippen molar-refractivity contribution in [2.75, 3.05) is 0 Å². The molecule has 55 valence electrons. The van der Waals surface area contributed by atoms with Crippen LogP contribution < -0.4 is 0 Å². The van der Waals surface area contributed by atoms with Gasteiger partial charge in [0.25, 0.3) is 0 Å². The zero-order valence-corrected chi connectivity index (χ0v) is 5.90. The predicted octanol–water partition coefficient (Wildman–Crippen LogP) is 1.26. The van der Waals surface area contributed by atoms with E-state index in [1.54, 1.807) is 12.3 Å². The largest absolute Gasteiger partial charge is 0.307 e. The Kier molecular flexibility index (Phi) is 1.36. The molecule has 0 saturated carbocycles. The molecule has 0 aliphatic heterocycles. The van der Waals surface area contributed by atoms with Crippen molar-refractivity contribution < 1.29 is 5.11 Å². The first-order chi connectivity index (χ1) is 5.42. The van der Waals surface area contributed by atoms with E-state index in [9.17, 15) is 5.11 Å². The van der Waals surface area contributed by atoms with Gasteiger partial charge in [0, 0.05) is 24.2 Å². The van der Waals surface area contributed by atoms with Gasteiger partial charge in [0.1, 0.15) is 12.3 Å². The summed E-state index contributed by atoms with van der Waals surface area (Å²) in [5.74, 6) is 0. The summed E-state index contributed by atoms with van der Waals surface area (Å²) >= 11 is 0. The zero-order valence-electron chi connectivity index (χ0n) is 5.90. The van der Waals surface area contributed by atoms with E-state index in [2.05, 4.69) is 4.98 Å². The molecule has 2 aromatic rings. The highest BCUT2D eigenvalue weighted by molar-refractivity contribution is 5.46. The highest BCUT2D eigenvalue weighted by atomic mass is 16.3. The van der Waals surface area contributed by atoms with Crippen LogP contribution in [-0.4, -0.2) is 9.38 Å². The lowest BCUT2D eigenvalue weighted by Gasteiger charge is -1.96. The monoisotopic (exact) mass is 147 g/mol. The van der Waals surface area contributed by atoms with E-state index in [1.807, 2.05) is 22.9 Å². The van der Waals surface area contributed by atoms with E-state index in [-0.39, 0.29) is 6.61 Å². The summed E-state index contributed by atoms with van der Waals surface area (Å²) in [6.45, 7) is -0.207. The molecule has 11 heavy (non-hydrogen) atoms. The molecule has 0 aliphatic rings. The van der Waals surface area contributed by atoms with Crippen molar-refractivity contribution in [2.45, 2.75) is 6.61 Å². The van der Waals surface area contributed by atoms with Crippen molar-refractivity contribution in [1.82, 2.24) is 9.38 Å². The third-order valence-corrected chi connectivity index (χ3v) is 1.66. The van der Waals surface area contributed by atoms with Gasteiger partial charge in [-0.2, -0.15) is 0 Å². The fourth-order valence-corrected chi connectivity index (χ4v) is 1.12. The van der Waals surface area contributed by atoms with Gasteiger partial charge in [0.05, 0.1) is 0 Å². The summed E-state index contributed by atoms with van der Waals surface area (Å²) in [6, 6.07) is 3.65. The van der Waals surface area contributed by atoms with Gasteiger partial charge in [-0.3, -0.25) is 0 Å². The normalized spacial score (nSPS) is 10.6. The Labute approximate surface area is 63.9 Å². The molecule has 0 atom stereocenters. The summed E-state index contributed by atoms with van der Waals surface area (Å²) < 4.78 is 1.84. The molecule has 0 saturated heterocycles. The lowest BCUT2D eigenvalue weighted by atomic mass is 10.3. The Morgan fingerprint density at radius 2 is 2.36 bits per heavy atom. The van der Waals surface area contributed by atoms with Crippen molar-refractivity contribution in [3.05, 3.63) is 36.3 Å². The van der Waals surface area contributed by atoms with E-state index in [1.165, 1.54) is 0 Å². The van der Waals surface area contributed by atoms with Gasteiger partial charge in [-0.05, 0) is 6.07 Å². The summed E-state index contributed by atoms with van der Waals surface area (Å²) in [6.07, 6.45) is 5.39. The van der Waals surface area contributed by atoms with Crippen LogP contribution in [0.15, 0.2) is 30.7 Å². The summed E-state index contributed by atoms with van der Waals surface area (Å²) in [7, 11) is 0. The van der Waals surface area contributed by atoms with Crippen molar-refractivity contribution in [3.63, 3.8) is 0 Å². The minimum atomic E-state index is -0.207. The van der Waals surface area contributed by atoms with E-state index in [4.69, 9.17) is 0 Å². The summed E-state index contributed by atoms with van der Waals surface area (Å²) in [5, 5.41) is 10.6. The molecule has 0 aliphatic carbocycles. The Morgan fingerprint density at radius 1 is 1.45 bits per heavy atom. The molecule has 2 heterocycles. The quantitative estimate of drug-likeness (QED) is 0.598. The Hall–Kier alpha value is -1.35. The van der Waals surface area contributed by atoms with Crippen LogP contribution in [-0.2, 0) is 11.7 Å². The maximum absolute atomic E-state index is 10.6. The fourth-order valence-electron chi connectivity index (χ4n) is 1.12. The highest BCUT2D eigenvalue weighted by Gasteiger charge is 1.98. The van der Waals surface area contributed by atoms with Gasteiger partial charge in [-0.1, -0.05) is 6.07 Å². The third-order valence-electron chi connectivity index (χ3n) is 1.66. The van der Waals surface area contributed by atoms with Gasteiger partial charge in [0.15, 0.2) is 0 Å². The number of imidazole rings is 1. The average Bonchev–Trinajstić information content (AvgIpc) is 2.50. The van der Waals surface area contributed by atoms with E-state index in [0.29, 0.717) is 0 Å². The average molecular weight is 147 g/mol. The number of aromatic nitrogens is 2. The van der Waals surface area contributed by atoms with Crippen molar-refractivity contribution in [2.24, 2.45) is 0 Å². The van der Waals surface area contributed by atoms with Crippen LogP contribution in [0.5, 0.6) is 0 Å². The van der Waals surface area contributed by atoms with Crippen molar-refractivity contribution in [1.29, 1.82) is 0 Å². The molecule has 2 rings (SSSR count). The van der Waals surface area contributed by atoms with Crippen LogP contribution in [0.3, 0.4) is 0 Å². The summed E-state index contributed by atoms with van der Waals surface area (Å²) in [4.78, 5) is 4.05. The van der Waals surface area contributed by atoms with E-state index < -0.39 is 0 Å². The van der Waals surface area contributed by atoms with Crippen LogP contribution in [0, 0.1) is 0 Å². The number of fused-ring (bicyclic) bond motifs is 1. The molecular formula is C8H7N2O. The van der Waals surface area contributed by atoms with Crippen LogP contribution in [0.2, 0.25) is 0 Å². The predicted molar refractivity (Wildman–Crippen MR) is 39.6 cm³/mol. The maximum atomic E-state index is 10.6. The molecule has 3 heteroatoms. The van der Waals surface area contributed by atoms with Crippen LogP contribution in [0.25, 0.3) is 5.65 Å². The molecule has 0 amide bonds. The topological polar surface area (TPSA) is 37.2 Å². The van der Waals surface area contributed by atoms with Crippen molar-refractivity contribution >= 4 is 5.65 Å².